The fourth-order valence-electron chi connectivity index (χ4n) is 4.40. The Labute approximate surface area is 181 Å². The zero-order valence-corrected chi connectivity index (χ0v) is 19.0. The quantitative estimate of drug-likeness (QED) is 0.573. The van der Waals surface area contributed by atoms with E-state index in [2.05, 4.69) is 46.8 Å². The average molecular weight is 415 g/mol. The summed E-state index contributed by atoms with van der Waals surface area (Å²) < 4.78 is 6.15. The lowest BCUT2D eigenvalue weighted by molar-refractivity contribution is -0.135. The van der Waals surface area contributed by atoms with Gasteiger partial charge < -0.3 is 20.3 Å². The highest BCUT2D eigenvalue weighted by Gasteiger charge is 2.28. The monoisotopic (exact) mass is 414 g/mol. The number of nitrogens with zero attached hydrogens (tertiary/aromatic N) is 2. The van der Waals surface area contributed by atoms with Gasteiger partial charge in [-0.1, -0.05) is 43.7 Å². The molecule has 3 rings (SSSR count). The van der Waals surface area contributed by atoms with Gasteiger partial charge >= 0.3 is 0 Å². The number of likely N-dealkylation sites (tertiary alicyclic amines) is 1. The number of piperidine rings is 1. The van der Waals surface area contributed by atoms with Crippen molar-refractivity contribution in [3.05, 3.63) is 35.4 Å². The highest BCUT2D eigenvalue weighted by molar-refractivity contribution is 5.80. The summed E-state index contributed by atoms with van der Waals surface area (Å²) in [6.07, 6.45) is 4.30. The van der Waals surface area contributed by atoms with Crippen molar-refractivity contribution in [1.29, 1.82) is 0 Å². The van der Waals surface area contributed by atoms with Gasteiger partial charge in [0.05, 0.1) is 6.10 Å². The van der Waals surface area contributed by atoms with Crippen LogP contribution in [0.5, 0.6) is 0 Å². The molecule has 0 aromatic heterocycles. The van der Waals surface area contributed by atoms with Crippen molar-refractivity contribution < 1.29 is 9.53 Å². The number of ether oxygens (including phenoxy) is 1. The molecule has 30 heavy (non-hydrogen) atoms. The van der Waals surface area contributed by atoms with E-state index < -0.39 is 0 Å². The summed E-state index contributed by atoms with van der Waals surface area (Å²) in [6.45, 7) is 9.35. The Morgan fingerprint density at radius 2 is 1.90 bits per heavy atom. The number of amides is 1. The summed E-state index contributed by atoms with van der Waals surface area (Å²) in [4.78, 5) is 18.6. The van der Waals surface area contributed by atoms with Crippen molar-refractivity contribution in [3.8, 4) is 0 Å². The van der Waals surface area contributed by atoms with Crippen LogP contribution in [0.15, 0.2) is 29.3 Å². The number of hydrogen-bond donors (Lipinski definition) is 2. The average Bonchev–Trinajstić information content (AvgIpc) is 2.77. The number of aliphatic imine (C=N–C) groups is 1. The molecule has 2 unspecified atom stereocenters. The van der Waals surface area contributed by atoms with E-state index in [1.165, 1.54) is 11.1 Å². The first-order chi connectivity index (χ1) is 14.5. The van der Waals surface area contributed by atoms with Gasteiger partial charge in [0.15, 0.2) is 5.96 Å². The van der Waals surface area contributed by atoms with E-state index in [0.29, 0.717) is 12.0 Å². The largest absolute Gasteiger partial charge is 0.373 e. The summed E-state index contributed by atoms with van der Waals surface area (Å²) in [6, 6.07) is 9.06. The van der Waals surface area contributed by atoms with E-state index in [-0.39, 0.29) is 17.9 Å². The van der Waals surface area contributed by atoms with Crippen LogP contribution in [-0.4, -0.2) is 56.1 Å². The zero-order chi connectivity index (χ0) is 21.5. The Balaban J connectivity index is 1.50. The van der Waals surface area contributed by atoms with Crippen LogP contribution in [0.4, 0.5) is 0 Å². The van der Waals surface area contributed by atoms with Gasteiger partial charge in [-0.15, -0.1) is 0 Å². The number of carbonyl (C=O) groups is 1. The van der Waals surface area contributed by atoms with E-state index in [9.17, 15) is 4.79 Å². The molecule has 0 bridgehead atoms. The highest BCUT2D eigenvalue weighted by atomic mass is 16.5. The molecular formula is C24H38N4O2. The molecule has 0 spiro atoms. The van der Waals surface area contributed by atoms with E-state index in [1.807, 2.05) is 25.8 Å². The van der Waals surface area contributed by atoms with Crippen molar-refractivity contribution in [3.63, 3.8) is 0 Å². The van der Waals surface area contributed by atoms with Crippen LogP contribution in [0.25, 0.3) is 0 Å². The molecular weight excluding hydrogens is 376 g/mol. The first-order valence-electron chi connectivity index (χ1n) is 11.4. The molecule has 2 heterocycles. The highest BCUT2D eigenvalue weighted by Crippen LogP contribution is 2.33. The maximum atomic E-state index is 12.2. The lowest BCUT2D eigenvalue weighted by atomic mass is 9.89. The third-order valence-electron chi connectivity index (χ3n) is 6.25. The smallest absolute Gasteiger partial charge is 0.225 e. The molecule has 0 radical (unpaired) electrons. The minimum absolute atomic E-state index is 0.0723. The molecule has 2 N–H and O–H groups in total. The van der Waals surface area contributed by atoms with Gasteiger partial charge in [-0.2, -0.15) is 0 Å². The van der Waals surface area contributed by atoms with Crippen LogP contribution in [0.1, 0.15) is 56.8 Å². The molecule has 2 aliphatic heterocycles. The number of hydrogen-bond acceptors (Lipinski definition) is 3. The van der Waals surface area contributed by atoms with Gasteiger partial charge in [0.2, 0.25) is 5.91 Å². The summed E-state index contributed by atoms with van der Waals surface area (Å²) in [7, 11) is 1.82. The fourth-order valence-corrected chi connectivity index (χ4v) is 4.40. The lowest BCUT2D eigenvalue weighted by Crippen LogP contribution is -2.51. The van der Waals surface area contributed by atoms with E-state index >= 15 is 0 Å². The molecule has 1 aromatic carbocycles. The first kappa shape index (κ1) is 22.6. The van der Waals surface area contributed by atoms with Gasteiger partial charge in [-0.05, 0) is 38.2 Å². The number of rotatable bonds is 5. The van der Waals surface area contributed by atoms with Gasteiger partial charge in [-0.3, -0.25) is 9.79 Å². The predicted molar refractivity (Wildman–Crippen MR) is 122 cm³/mol. The van der Waals surface area contributed by atoms with Crippen LogP contribution in [-0.2, 0) is 9.53 Å². The predicted octanol–water partition coefficient (Wildman–Crippen LogP) is 3.27. The lowest BCUT2D eigenvalue weighted by Gasteiger charge is -2.35. The molecule has 1 aromatic rings. The zero-order valence-electron chi connectivity index (χ0n) is 19.0. The minimum atomic E-state index is 0.0723. The van der Waals surface area contributed by atoms with Crippen molar-refractivity contribution in [1.82, 2.24) is 15.5 Å². The van der Waals surface area contributed by atoms with Crippen LogP contribution < -0.4 is 10.6 Å². The second-order valence-corrected chi connectivity index (χ2v) is 8.96. The molecule has 6 nitrogen and oxygen atoms in total. The first-order valence-corrected chi connectivity index (χ1v) is 11.4. The number of aryl methyl sites for hydroxylation is 1. The molecule has 0 aliphatic carbocycles. The molecule has 6 heteroatoms. The second-order valence-electron chi connectivity index (χ2n) is 8.96. The van der Waals surface area contributed by atoms with Gasteiger partial charge in [-0.25, -0.2) is 0 Å². The van der Waals surface area contributed by atoms with E-state index in [0.717, 1.165) is 57.9 Å². The number of benzene rings is 1. The number of carbonyl (C=O) groups excluding carboxylic acids is 1. The summed E-state index contributed by atoms with van der Waals surface area (Å²) in [5, 5.41) is 7.08. The molecule has 0 saturated carbocycles. The molecule has 2 aliphatic rings. The Morgan fingerprint density at radius 1 is 1.20 bits per heavy atom. The van der Waals surface area contributed by atoms with Crippen LogP contribution >= 0.6 is 0 Å². The van der Waals surface area contributed by atoms with Gasteiger partial charge in [0, 0.05) is 51.2 Å². The molecule has 2 saturated heterocycles. The Hall–Kier alpha value is -2.08. The van der Waals surface area contributed by atoms with Crippen LogP contribution in [0.3, 0.4) is 0 Å². The maximum absolute atomic E-state index is 12.2. The third kappa shape index (κ3) is 5.97. The number of guanidine groups is 1. The van der Waals surface area contributed by atoms with Crippen LogP contribution in [0.2, 0.25) is 0 Å². The molecule has 2 atom stereocenters. The van der Waals surface area contributed by atoms with Crippen LogP contribution in [0, 0.1) is 18.8 Å². The van der Waals surface area contributed by atoms with Crippen molar-refractivity contribution in [2.45, 2.75) is 58.6 Å². The van der Waals surface area contributed by atoms with Crippen molar-refractivity contribution >= 4 is 11.9 Å². The topological polar surface area (TPSA) is 66.0 Å². The van der Waals surface area contributed by atoms with Gasteiger partial charge in [0.1, 0.15) is 0 Å². The van der Waals surface area contributed by atoms with E-state index in [1.54, 1.807) is 0 Å². The summed E-state index contributed by atoms with van der Waals surface area (Å²) >= 11 is 0. The maximum Gasteiger partial charge on any atom is 0.225 e. The molecule has 2 fully saturated rings. The third-order valence-corrected chi connectivity index (χ3v) is 6.25. The Kier molecular flexibility index (Phi) is 8.14. The SMILES string of the molecule is CN=C(NCC1CCCOC1c1ccc(C)cc1)NC1CCN(C(=O)C(C)C)CC1. The molecule has 1 amide bonds. The number of nitrogens with one attached hydrogen (secondary N) is 2. The molecule has 166 valence electrons. The van der Waals surface area contributed by atoms with Gasteiger partial charge in [0.25, 0.3) is 0 Å². The standard InChI is InChI=1S/C24H38N4O2/c1-17(2)23(29)28-13-11-21(12-14-28)27-24(25-4)26-16-20-6-5-15-30-22(20)19-9-7-18(3)8-10-19/h7-10,17,20-22H,5-6,11-16H2,1-4H3,(H2,25,26,27). The summed E-state index contributed by atoms with van der Waals surface area (Å²) in [5.41, 5.74) is 2.53. The Morgan fingerprint density at radius 3 is 2.53 bits per heavy atom. The Bertz CT molecular complexity index is 708. The van der Waals surface area contributed by atoms with Crippen molar-refractivity contribution in [2.75, 3.05) is 33.3 Å². The van der Waals surface area contributed by atoms with E-state index in [4.69, 9.17) is 4.74 Å². The normalized spacial score (nSPS) is 23.5. The fraction of sp³-hybridized carbons (Fsp3) is 0.667. The summed E-state index contributed by atoms with van der Waals surface area (Å²) in [5.74, 6) is 1.60. The van der Waals surface area contributed by atoms with Crippen molar-refractivity contribution in [2.24, 2.45) is 16.8 Å². The second kappa shape index (κ2) is 10.8. The minimum Gasteiger partial charge on any atom is -0.373 e.